The molecule has 1 amide bonds. The van der Waals surface area contributed by atoms with Crippen LogP contribution in [0.5, 0.6) is 0 Å². The molecule has 1 atom stereocenters. The maximum atomic E-state index is 12.6. The number of nitrogens with one attached hydrogen (secondary N) is 2. The molecule has 6 nitrogen and oxygen atoms in total. The lowest BCUT2D eigenvalue weighted by Crippen LogP contribution is -2.27. The number of benzene rings is 2. The molecule has 29 heavy (non-hydrogen) atoms. The minimum Gasteiger partial charge on any atom is -0.346 e. The van der Waals surface area contributed by atoms with Crippen molar-refractivity contribution in [2.24, 2.45) is 0 Å². The van der Waals surface area contributed by atoms with Gasteiger partial charge in [-0.1, -0.05) is 18.2 Å². The largest absolute Gasteiger partial charge is 0.346 e. The van der Waals surface area contributed by atoms with E-state index in [-0.39, 0.29) is 29.8 Å². The van der Waals surface area contributed by atoms with E-state index in [1.165, 1.54) is 48.2 Å². The number of sulfonamides is 1. The van der Waals surface area contributed by atoms with Crippen molar-refractivity contribution < 1.29 is 13.2 Å². The molecule has 7 heteroatoms. The molecule has 0 aromatic heterocycles. The number of rotatable bonds is 7. The number of nitriles is 1. The molecule has 1 aliphatic carbocycles. The lowest BCUT2D eigenvalue weighted by molar-refractivity contribution is 0.0939. The van der Waals surface area contributed by atoms with Crippen LogP contribution < -0.4 is 10.0 Å². The van der Waals surface area contributed by atoms with Gasteiger partial charge >= 0.3 is 0 Å². The Hall–Kier alpha value is -2.69. The van der Waals surface area contributed by atoms with Gasteiger partial charge in [0.15, 0.2) is 0 Å². The zero-order valence-corrected chi connectivity index (χ0v) is 17.3. The number of carbonyl (C=O) groups excluding carboxylic acids is 1. The number of fused-ring (bicyclic) bond motifs is 1. The molecule has 2 aromatic carbocycles. The van der Waals surface area contributed by atoms with Crippen LogP contribution in [0.4, 0.5) is 0 Å². The fourth-order valence-corrected chi connectivity index (χ4v) is 4.53. The summed E-state index contributed by atoms with van der Waals surface area (Å²) < 4.78 is 26.6. The van der Waals surface area contributed by atoms with E-state index in [4.69, 9.17) is 5.26 Å². The van der Waals surface area contributed by atoms with Gasteiger partial charge in [-0.2, -0.15) is 5.26 Å². The minimum atomic E-state index is -3.68. The van der Waals surface area contributed by atoms with E-state index in [0.29, 0.717) is 5.56 Å². The number of carbonyl (C=O) groups is 1. The smallest absolute Gasteiger partial charge is 0.251 e. The van der Waals surface area contributed by atoms with Crippen LogP contribution in [-0.4, -0.2) is 20.9 Å². The molecule has 152 valence electrons. The summed E-state index contributed by atoms with van der Waals surface area (Å²) in [5.74, 6) is -0.253. The molecule has 0 fully saturated rings. The van der Waals surface area contributed by atoms with Gasteiger partial charge in [0, 0.05) is 18.5 Å². The Bertz CT molecular complexity index is 1020. The third kappa shape index (κ3) is 5.22. The van der Waals surface area contributed by atoms with Crippen molar-refractivity contribution in [2.45, 2.75) is 50.0 Å². The second-order valence-electron chi connectivity index (χ2n) is 7.26. The van der Waals surface area contributed by atoms with Gasteiger partial charge < -0.3 is 5.32 Å². The Morgan fingerprint density at radius 2 is 1.79 bits per heavy atom. The Morgan fingerprint density at radius 3 is 2.48 bits per heavy atom. The van der Waals surface area contributed by atoms with Crippen molar-refractivity contribution >= 4 is 15.9 Å². The van der Waals surface area contributed by atoms with Gasteiger partial charge in [0.25, 0.3) is 5.91 Å². The average molecular weight is 412 g/mol. The van der Waals surface area contributed by atoms with Crippen LogP contribution in [0.15, 0.2) is 47.4 Å². The van der Waals surface area contributed by atoms with E-state index >= 15 is 0 Å². The summed E-state index contributed by atoms with van der Waals surface area (Å²) in [7, 11) is -3.68. The zero-order valence-electron chi connectivity index (χ0n) is 16.4. The number of aryl methyl sites for hydroxylation is 2. The summed E-state index contributed by atoms with van der Waals surface area (Å²) >= 11 is 0. The van der Waals surface area contributed by atoms with Gasteiger partial charge in [0.1, 0.15) is 0 Å². The summed E-state index contributed by atoms with van der Waals surface area (Å²) in [5, 5.41) is 11.5. The lowest BCUT2D eigenvalue weighted by Gasteiger charge is -2.20. The Morgan fingerprint density at radius 1 is 1.10 bits per heavy atom. The fourth-order valence-electron chi connectivity index (χ4n) is 3.50. The van der Waals surface area contributed by atoms with Gasteiger partial charge in [0.2, 0.25) is 10.0 Å². The van der Waals surface area contributed by atoms with Crippen LogP contribution >= 0.6 is 0 Å². The van der Waals surface area contributed by atoms with E-state index in [0.717, 1.165) is 18.4 Å². The molecule has 0 aliphatic heterocycles. The molecule has 0 heterocycles. The molecule has 1 aliphatic rings. The van der Waals surface area contributed by atoms with Gasteiger partial charge in [-0.3, -0.25) is 4.79 Å². The van der Waals surface area contributed by atoms with Crippen LogP contribution in [0.1, 0.15) is 59.3 Å². The quantitative estimate of drug-likeness (QED) is 0.683. The second kappa shape index (κ2) is 9.21. The minimum absolute atomic E-state index is 0.0549. The monoisotopic (exact) mass is 411 g/mol. The summed E-state index contributed by atoms with van der Waals surface area (Å²) in [6.45, 7) is 2.00. The molecule has 0 saturated carbocycles. The standard InChI is InChI=1S/C22H25N3O3S/c1-16(19-8-7-17-5-2-3-6-20(17)15-19)25-22(26)18-9-11-21(12-10-18)29(27,28)24-14-4-13-23/h7-12,15-16,24H,2-6,14H2,1H3,(H,25,26)/t16-/m0/s1. The Balaban J connectivity index is 1.65. The van der Waals surface area contributed by atoms with E-state index in [1.807, 2.05) is 13.0 Å². The first-order valence-electron chi connectivity index (χ1n) is 9.80. The zero-order chi connectivity index (χ0) is 20.9. The van der Waals surface area contributed by atoms with Crippen LogP contribution in [0.2, 0.25) is 0 Å². The molecule has 0 bridgehead atoms. The van der Waals surface area contributed by atoms with Crippen LogP contribution in [0.3, 0.4) is 0 Å². The van der Waals surface area contributed by atoms with Crippen molar-refractivity contribution in [3.63, 3.8) is 0 Å². The second-order valence-corrected chi connectivity index (χ2v) is 9.03. The maximum Gasteiger partial charge on any atom is 0.251 e. The third-order valence-electron chi connectivity index (χ3n) is 5.18. The molecule has 3 rings (SSSR count). The Labute approximate surface area is 172 Å². The predicted octanol–water partition coefficient (Wildman–Crippen LogP) is 3.25. The maximum absolute atomic E-state index is 12.6. The van der Waals surface area contributed by atoms with Crippen molar-refractivity contribution in [1.82, 2.24) is 10.0 Å². The predicted molar refractivity (Wildman–Crippen MR) is 111 cm³/mol. The SMILES string of the molecule is C[C@H](NC(=O)c1ccc(S(=O)(=O)NCCC#N)cc1)c1ccc2c(c1)CCCC2. The topological polar surface area (TPSA) is 99.1 Å². The first-order valence-corrected chi connectivity index (χ1v) is 11.3. The van der Waals surface area contributed by atoms with Crippen molar-refractivity contribution in [3.05, 3.63) is 64.7 Å². The fraction of sp³-hybridized carbons (Fsp3) is 0.364. The van der Waals surface area contributed by atoms with E-state index in [9.17, 15) is 13.2 Å². The normalized spacial score (nSPS) is 14.5. The highest BCUT2D eigenvalue weighted by atomic mass is 32.2. The number of amides is 1. The third-order valence-corrected chi connectivity index (χ3v) is 6.65. The first-order chi connectivity index (χ1) is 13.9. The highest BCUT2D eigenvalue weighted by Gasteiger charge is 2.17. The molecule has 0 unspecified atom stereocenters. The van der Waals surface area contributed by atoms with Gasteiger partial charge in [-0.25, -0.2) is 13.1 Å². The molecule has 0 radical (unpaired) electrons. The average Bonchev–Trinajstić information content (AvgIpc) is 2.73. The molecular weight excluding hydrogens is 386 g/mol. The van der Waals surface area contributed by atoms with Crippen molar-refractivity contribution in [1.29, 1.82) is 5.26 Å². The molecule has 0 spiro atoms. The molecular formula is C22H25N3O3S. The number of hydrogen-bond donors (Lipinski definition) is 2. The highest BCUT2D eigenvalue weighted by molar-refractivity contribution is 7.89. The van der Waals surface area contributed by atoms with E-state index < -0.39 is 10.0 Å². The molecule has 2 aromatic rings. The summed E-state index contributed by atoms with van der Waals surface area (Å²) in [4.78, 5) is 12.6. The van der Waals surface area contributed by atoms with Crippen LogP contribution in [-0.2, 0) is 22.9 Å². The highest BCUT2D eigenvalue weighted by Crippen LogP contribution is 2.25. The first kappa shape index (κ1) is 21.0. The van der Waals surface area contributed by atoms with Gasteiger partial charge in [-0.05, 0) is 73.6 Å². The van der Waals surface area contributed by atoms with Gasteiger partial charge in [0.05, 0.1) is 17.0 Å². The van der Waals surface area contributed by atoms with Crippen LogP contribution in [0.25, 0.3) is 0 Å². The summed E-state index contributed by atoms with van der Waals surface area (Å²) in [6, 6.07) is 13.9. The summed E-state index contributed by atoms with van der Waals surface area (Å²) in [6.07, 6.45) is 4.75. The Kier molecular flexibility index (Phi) is 6.68. The van der Waals surface area contributed by atoms with E-state index in [2.05, 4.69) is 28.2 Å². The van der Waals surface area contributed by atoms with E-state index in [1.54, 1.807) is 0 Å². The molecule has 2 N–H and O–H groups in total. The van der Waals surface area contributed by atoms with Gasteiger partial charge in [-0.15, -0.1) is 0 Å². The number of hydrogen-bond acceptors (Lipinski definition) is 4. The summed E-state index contributed by atoms with van der Waals surface area (Å²) in [5.41, 5.74) is 4.23. The molecule has 0 saturated heterocycles. The number of nitrogens with zero attached hydrogens (tertiary/aromatic N) is 1. The van der Waals surface area contributed by atoms with Crippen LogP contribution in [0, 0.1) is 11.3 Å². The van der Waals surface area contributed by atoms with Crippen molar-refractivity contribution in [3.8, 4) is 6.07 Å². The lowest BCUT2D eigenvalue weighted by atomic mass is 9.89. The van der Waals surface area contributed by atoms with Crippen molar-refractivity contribution in [2.75, 3.05) is 6.54 Å².